The molecule has 5 heteroatoms. The van der Waals surface area contributed by atoms with Crippen LogP contribution in [0.4, 0.5) is 0 Å². The predicted octanol–water partition coefficient (Wildman–Crippen LogP) is 2.89. The van der Waals surface area contributed by atoms with E-state index in [4.69, 9.17) is 4.42 Å². The standard InChI is InChI=1S/C9H9BrN2OS/c1-11-4-6-5-14-9(12-6)7-2-3-8(10)13-7/h2-3,5,11H,4H2,1H3. The molecule has 0 spiro atoms. The van der Waals surface area contributed by atoms with Gasteiger partial charge in [0.15, 0.2) is 15.4 Å². The van der Waals surface area contributed by atoms with Gasteiger partial charge in [-0.2, -0.15) is 0 Å². The van der Waals surface area contributed by atoms with Crippen molar-refractivity contribution in [2.45, 2.75) is 6.54 Å². The lowest BCUT2D eigenvalue weighted by atomic mass is 10.4. The Bertz CT molecular complexity index is 424. The smallest absolute Gasteiger partial charge is 0.170 e. The topological polar surface area (TPSA) is 38.1 Å². The zero-order chi connectivity index (χ0) is 9.97. The summed E-state index contributed by atoms with van der Waals surface area (Å²) in [4.78, 5) is 4.42. The van der Waals surface area contributed by atoms with Crippen LogP contribution in [0.25, 0.3) is 10.8 Å². The maximum absolute atomic E-state index is 5.41. The summed E-state index contributed by atoms with van der Waals surface area (Å²) in [6.45, 7) is 0.790. The Kier molecular flexibility index (Phi) is 3.00. The van der Waals surface area contributed by atoms with E-state index in [-0.39, 0.29) is 0 Å². The highest BCUT2D eigenvalue weighted by Gasteiger charge is 2.07. The average molecular weight is 273 g/mol. The largest absolute Gasteiger partial charge is 0.447 e. The van der Waals surface area contributed by atoms with E-state index >= 15 is 0 Å². The van der Waals surface area contributed by atoms with Gasteiger partial charge in [-0.15, -0.1) is 11.3 Å². The lowest BCUT2D eigenvalue weighted by molar-refractivity contribution is 0.555. The fraction of sp³-hybridized carbons (Fsp3) is 0.222. The van der Waals surface area contributed by atoms with Gasteiger partial charge in [0.1, 0.15) is 0 Å². The van der Waals surface area contributed by atoms with Crippen LogP contribution in [0, 0.1) is 0 Å². The fourth-order valence-electron chi connectivity index (χ4n) is 1.11. The normalized spacial score (nSPS) is 10.7. The maximum atomic E-state index is 5.41. The number of furan rings is 1. The van der Waals surface area contributed by atoms with Crippen molar-refractivity contribution >= 4 is 27.3 Å². The van der Waals surface area contributed by atoms with Gasteiger partial charge in [-0.1, -0.05) is 0 Å². The van der Waals surface area contributed by atoms with Gasteiger partial charge in [0.05, 0.1) is 5.69 Å². The third-order valence-electron chi connectivity index (χ3n) is 1.69. The number of nitrogens with one attached hydrogen (secondary N) is 1. The number of halogens is 1. The van der Waals surface area contributed by atoms with Crippen LogP contribution in [0.5, 0.6) is 0 Å². The zero-order valence-electron chi connectivity index (χ0n) is 7.58. The molecule has 0 aliphatic heterocycles. The minimum Gasteiger partial charge on any atom is -0.447 e. The Hall–Kier alpha value is -0.650. The van der Waals surface area contributed by atoms with Gasteiger partial charge in [0, 0.05) is 11.9 Å². The second-order valence-electron chi connectivity index (χ2n) is 2.78. The average Bonchev–Trinajstić information content (AvgIpc) is 2.74. The van der Waals surface area contributed by atoms with Crippen LogP contribution >= 0.6 is 27.3 Å². The number of aromatic nitrogens is 1. The molecule has 2 rings (SSSR count). The molecule has 0 unspecified atom stereocenters. The van der Waals surface area contributed by atoms with Crippen LogP contribution in [0.3, 0.4) is 0 Å². The molecule has 0 aliphatic rings. The van der Waals surface area contributed by atoms with E-state index in [0.29, 0.717) is 0 Å². The quantitative estimate of drug-likeness (QED) is 0.934. The van der Waals surface area contributed by atoms with Crippen LogP contribution in [-0.2, 0) is 6.54 Å². The Morgan fingerprint density at radius 2 is 2.43 bits per heavy atom. The molecule has 2 aromatic heterocycles. The second-order valence-corrected chi connectivity index (χ2v) is 4.42. The summed E-state index contributed by atoms with van der Waals surface area (Å²) in [5.41, 5.74) is 1.04. The Labute approximate surface area is 94.3 Å². The molecule has 0 aliphatic carbocycles. The van der Waals surface area contributed by atoms with Crippen molar-refractivity contribution < 1.29 is 4.42 Å². The van der Waals surface area contributed by atoms with Crippen LogP contribution in [0.15, 0.2) is 26.6 Å². The molecule has 0 radical (unpaired) electrons. The molecule has 2 aromatic rings. The number of nitrogens with zero attached hydrogens (tertiary/aromatic N) is 1. The summed E-state index contributed by atoms with van der Waals surface area (Å²) in [7, 11) is 1.91. The summed E-state index contributed by atoms with van der Waals surface area (Å²) >= 11 is 4.86. The molecule has 0 fully saturated rings. The van der Waals surface area contributed by atoms with E-state index in [1.54, 1.807) is 11.3 Å². The van der Waals surface area contributed by atoms with Gasteiger partial charge in [0.2, 0.25) is 0 Å². The van der Waals surface area contributed by atoms with E-state index in [1.165, 1.54) is 0 Å². The molecule has 14 heavy (non-hydrogen) atoms. The second kappa shape index (κ2) is 4.25. The van der Waals surface area contributed by atoms with E-state index < -0.39 is 0 Å². The Morgan fingerprint density at radius 1 is 1.57 bits per heavy atom. The highest BCUT2D eigenvalue weighted by Crippen LogP contribution is 2.27. The molecular formula is C9H9BrN2OS. The van der Waals surface area contributed by atoms with Crippen LogP contribution in [-0.4, -0.2) is 12.0 Å². The molecular weight excluding hydrogens is 264 g/mol. The monoisotopic (exact) mass is 272 g/mol. The van der Waals surface area contributed by atoms with Gasteiger partial charge in [-0.3, -0.25) is 0 Å². The van der Waals surface area contributed by atoms with Crippen LogP contribution in [0.1, 0.15) is 5.69 Å². The minimum absolute atomic E-state index is 0.734. The predicted molar refractivity (Wildman–Crippen MR) is 60.3 cm³/mol. The summed E-state index contributed by atoms with van der Waals surface area (Å²) in [5, 5.41) is 6.01. The van der Waals surface area contributed by atoms with Gasteiger partial charge in [-0.25, -0.2) is 4.98 Å². The molecule has 3 nitrogen and oxygen atoms in total. The van der Waals surface area contributed by atoms with E-state index in [1.807, 2.05) is 24.6 Å². The molecule has 0 bridgehead atoms. The number of thiazole rings is 1. The van der Waals surface area contributed by atoms with Crippen molar-refractivity contribution in [3.8, 4) is 10.8 Å². The van der Waals surface area contributed by atoms with E-state index in [9.17, 15) is 0 Å². The minimum atomic E-state index is 0.734. The van der Waals surface area contributed by atoms with Crippen molar-refractivity contribution in [2.24, 2.45) is 0 Å². The van der Waals surface area contributed by atoms with E-state index in [2.05, 4.69) is 26.2 Å². The summed E-state index contributed by atoms with van der Waals surface area (Å²) in [5.74, 6) is 0.809. The lowest BCUT2D eigenvalue weighted by Gasteiger charge is -1.91. The first-order valence-corrected chi connectivity index (χ1v) is 5.81. The number of hydrogen-bond acceptors (Lipinski definition) is 4. The third kappa shape index (κ3) is 2.05. The van der Waals surface area contributed by atoms with Crippen LogP contribution < -0.4 is 5.32 Å². The van der Waals surface area contributed by atoms with Gasteiger partial charge >= 0.3 is 0 Å². The first-order chi connectivity index (χ1) is 6.79. The molecule has 0 atom stereocenters. The zero-order valence-corrected chi connectivity index (χ0v) is 9.98. The Balaban J connectivity index is 2.24. The number of rotatable bonds is 3. The molecule has 2 heterocycles. The van der Waals surface area contributed by atoms with Gasteiger partial charge in [0.25, 0.3) is 0 Å². The summed E-state index contributed by atoms with van der Waals surface area (Å²) in [6, 6.07) is 3.78. The Morgan fingerprint density at radius 3 is 3.07 bits per heavy atom. The molecule has 0 aromatic carbocycles. The summed E-state index contributed by atoms with van der Waals surface area (Å²) < 4.78 is 6.14. The highest BCUT2D eigenvalue weighted by molar-refractivity contribution is 9.10. The van der Waals surface area contributed by atoms with Crippen molar-refractivity contribution in [3.05, 3.63) is 27.9 Å². The number of hydrogen-bond donors (Lipinski definition) is 1. The molecule has 0 saturated heterocycles. The molecule has 0 saturated carbocycles. The van der Waals surface area contributed by atoms with E-state index in [0.717, 1.165) is 27.7 Å². The van der Waals surface area contributed by atoms with Crippen molar-refractivity contribution in [1.82, 2.24) is 10.3 Å². The SMILES string of the molecule is CNCc1csc(-c2ccc(Br)o2)n1. The van der Waals surface area contributed by atoms with Crippen molar-refractivity contribution in [2.75, 3.05) is 7.05 Å². The molecule has 0 amide bonds. The summed E-state index contributed by atoms with van der Waals surface area (Å²) in [6.07, 6.45) is 0. The van der Waals surface area contributed by atoms with Gasteiger partial charge < -0.3 is 9.73 Å². The van der Waals surface area contributed by atoms with Crippen molar-refractivity contribution in [1.29, 1.82) is 0 Å². The first kappa shape index (κ1) is 9.89. The molecule has 74 valence electrons. The molecule has 1 N–H and O–H groups in total. The maximum Gasteiger partial charge on any atom is 0.170 e. The first-order valence-electron chi connectivity index (χ1n) is 4.14. The van der Waals surface area contributed by atoms with Crippen molar-refractivity contribution in [3.63, 3.8) is 0 Å². The van der Waals surface area contributed by atoms with Gasteiger partial charge in [-0.05, 0) is 35.1 Å². The lowest BCUT2D eigenvalue weighted by Crippen LogP contribution is -2.04. The fourth-order valence-corrected chi connectivity index (χ4v) is 2.20. The highest BCUT2D eigenvalue weighted by atomic mass is 79.9. The van der Waals surface area contributed by atoms with Crippen LogP contribution in [0.2, 0.25) is 0 Å². The third-order valence-corrected chi connectivity index (χ3v) is 3.03.